The molecule has 5 atom stereocenters. The minimum atomic E-state index is -3.32. The minimum absolute atomic E-state index is 0. The average Bonchev–Trinajstić information content (AvgIpc) is 1.36. The molecule has 0 heterocycles. The number of rotatable bonds is 21. The zero-order valence-corrected chi connectivity index (χ0v) is 56.5. The number of aliphatic carboxylic acids is 1. The number of benzene rings is 5. The van der Waals surface area contributed by atoms with Gasteiger partial charge in [-0.1, -0.05) is 62.9 Å². The fourth-order valence-electron chi connectivity index (χ4n) is 6.89. The number of Topliss-reactive ketones (excluding diaryl/α,β-unsaturated/α-hetero) is 1. The molecule has 0 radical (unpaired) electrons. The summed E-state index contributed by atoms with van der Waals surface area (Å²) in [5.74, 6) is -3.66. The summed E-state index contributed by atoms with van der Waals surface area (Å²) in [5, 5.41) is 39.8. The average molecular weight is 1440 g/mol. The van der Waals surface area contributed by atoms with Crippen molar-refractivity contribution in [3.05, 3.63) is 175 Å². The Bertz CT molecular complexity index is 3360. The first kappa shape index (κ1) is 83.6. The normalized spacial score (nSPS) is 12.1. The molecule has 5 unspecified atom stereocenters. The molecule has 0 fully saturated rings. The number of sulfonamides is 2. The predicted octanol–water partition coefficient (Wildman–Crippen LogP) is 13.0. The van der Waals surface area contributed by atoms with Gasteiger partial charge in [0.15, 0.2) is 5.78 Å². The summed E-state index contributed by atoms with van der Waals surface area (Å²) in [7, 11) is -5.16. The molecule has 0 spiro atoms. The van der Waals surface area contributed by atoms with E-state index in [0.717, 1.165) is 34.8 Å². The van der Waals surface area contributed by atoms with E-state index in [0.29, 0.717) is 56.8 Å². The molecule has 0 bridgehead atoms. The molecule has 0 saturated heterocycles. The monoisotopic (exact) mass is 1430 g/mol. The highest BCUT2D eigenvalue weighted by Gasteiger charge is 2.22. The third-order valence-corrected chi connectivity index (χ3v) is 14.4. The fraction of sp³-hybridized carbons (Fsp3) is 0.407. The second-order valence-corrected chi connectivity index (χ2v) is 24.7. The number of anilines is 2. The largest absolute Gasteiger partial charge is 0.481 e. The number of nitrogens with one attached hydrogen (secondary N) is 2. The van der Waals surface area contributed by atoms with Gasteiger partial charge >= 0.3 is 23.9 Å². The highest BCUT2D eigenvalue weighted by Crippen LogP contribution is 2.30. The molecule has 5 aromatic carbocycles. The third-order valence-electron chi connectivity index (χ3n) is 11.8. The van der Waals surface area contributed by atoms with E-state index in [9.17, 15) is 71.2 Å². The smallest absolute Gasteiger partial charge is 0.323 e. The zero-order valence-electron chi connectivity index (χ0n) is 50.9. The third kappa shape index (κ3) is 31.5. The summed E-state index contributed by atoms with van der Waals surface area (Å²) < 4.78 is 69.4. The van der Waals surface area contributed by atoms with E-state index in [1.54, 1.807) is 155 Å². The van der Waals surface area contributed by atoms with Crippen molar-refractivity contribution in [3.63, 3.8) is 0 Å². The van der Waals surface area contributed by atoms with Crippen LogP contribution < -0.4 is 9.44 Å². The number of hydrogen-bond acceptors (Lipinski definition) is 19. The van der Waals surface area contributed by atoms with E-state index < -0.39 is 58.0 Å². The highest BCUT2D eigenvalue weighted by molar-refractivity contribution is 9.11. The summed E-state index contributed by atoms with van der Waals surface area (Å²) >= 11 is 11.5. The number of halogens is 3. The lowest BCUT2D eigenvalue weighted by Crippen LogP contribution is -2.14. The number of para-hydroxylation sites is 1. The van der Waals surface area contributed by atoms with Crippen LogP contribution in [0.5, 0.6) is 0 Å². The van der Waals surface area contributed by atoms with Gasteiger partial charge in [-0.2, -0.15) is 0 Å². The van der Waals surface area contributed by atoms with Crippen LogP contribution in [0.2, 0.25) is 0 Å². The Morgan fingerprint density at radius 1 is 0.539 bits per heavy atom. The van der Waals surface area contributed by atoms with Crippen molar-refractivity contribution in [1.82, 2.24) is 0 Å². The van der Waals surface area contributed by atoms with E-state index in [1.807, 2.05) is 0 Å². The van der Waals surface area contributed by atoms with Crippen molar-refractivity contribution < 1.29 is 79.6 Å². The van der Waals surface area contributed by atoms with Crippen LogP contribution in [0.15, 0.2) is 106 Å². The summed E-state index contributed by atoms with van der Waals surface area (Å²) in [6, 6.07) is 25.7. The molecule has 0 amide bonds. The number of carboxylic acid groups (broad SMARTS) is 1. The predicted molar refractivity (Wildman–Crippen MR) is 349 cm³/mol. The Morgan fingerprint density at radius 3 is 1.19 bits per heavy atom. The quantitative estimate of drug-likeness (QED) is 0.0202. The Kier molecular flexibility index (Phi) is 38.5. The number of carboxylic acids is 1. The molecule has 5 rings (SSSR count). The molecule has 0 saturated carbocycles. The summed E-state index contributed by atoms with van der Waals surface area (Å²) in [4.78, 5) is 86.1. The van der Waals surface area contributed by atoms with Gasteiger partial charge in [0.05, 0.1) is 85.2 Å². The van der Waals surface area contributed by atoms with Gasteiger partial charge in [-0.15, -0.1) is 11.6 Å². The summed E-state index contributed by atoms with van der Waals surface area (Å²) in [6.45, 7) is 19.9. The van der Waals surface area contributed by atoms with Gasteiger partial charge in [0.1, 0.15) is 12.0 Å². The van der Waals surface area contributed by atoms with E-state index in [2.05, 4.69) is 46.0 Å². The molecule has 0 aromatic heterocycles. The molecule has 89 heavy (non-hydrogen) atoms. The summed E-state index contributed by atoms with van der Waals surface area (Å²) in [5.41, 5.74) is 6.03. The van der Waals surface area contributed by atoms with E-state index in [1.165, 1.54) is 25.3 Å². The summed E-state index contributed by atoms with van der Waals surface area (Å²) in [6.07, 6.45) is 2.17. The number of nitro benzene ring substituents is 3. The molecule has 0 aliphatic carbocycles. The topological polar surface area (TPSA) is 364 Å². The molecule has 492 valence electrons. The number of methoxy groups -OCH3 is 1. The molecule has 3 N–H and O–H groups in total. The van der Waals surface area contributed by atoms with Gasteiger partial charge in [-0.05, 0) is 165 Å². The maximum absolute atomic E-state index is 11.6. The van der Waals surface area contributed by atoms with Crippen LogP contribution in [0.1, 0.15) is 125 Å². The Hall–Kier alpha value is -7.44. The number of carbonyl (C=O) groups is 5. The molecule has 30 heteroatoms. The molecule has 0 aliphatic rings. The number of nitrogens with zero attached hydrogens (tertiary/aromatic N) is 3. The van der Waals surface area contributed by atoms with E-state index in [4.69, 9.17) is 30.9 Å². The molecular formula is C59H78Br2ClN5O20S2. The van der Waals surface area contributed by atoms with Crippen molar-refractivity contribution in [2.24, 2.45) is 0 Å². The molecule has 5 aromatic rings. The van der Waals surface area contributed by atoms with Crippen molar-refractivity contribution >= 4 is 122 Å². The lowest BCUT2D eigenvalue weighted by atomic mass is 9.97. The van der Waals surface area contributed by atoms with E-state index in [-0.39, 0.29) is 66.6 Å². The number of ether oxygens (including phenoxy) is 4. The number of nitro groups is 3. The van der Waals surface area contributed by atoms with Crippen LogP contribution in [0.3, 0.4) is 0 Å². The van der Waals surface area contributed by atoms with Crippen molar-refractivity contribution in [3.8, 4) is 0 Å². The minimum Gasteiger partial charge on any atom is -0.481 e. The van der Waals surface area contributed by atoms with Gasteiger partial charge in [-0.3, -0.25) is 63.8 Å². The second kappa shape index (κ2) is 41.0. The lowest BCUT2D eigenvalue weighted by molar-refractivity contribution is -0.385. The number of hydrogen-bond donors (Lipinski definition) is 3. The van der Waals surface area contributed by atoms with Gasteiger partial charge in [0.2, 0.25) is 20.0 Å². The van der Waals surface area contributed by atoms with Crippen LogP contribution in [0, 0.1) is 51.1 Å². The maximum Gasteiger partial charge on any atom is 0.323 e. The first-order valence-electron chi connectivity index (χ1n) is 26.4. The number of ketones is 1. The van der Waals surface area contributed by atoms with Gasteiger partial charge in [0.25, 0.3) is 17.1 Å². The Balaban J connectivity index is 0. The number of aryl methyl sites for hydroxylation is 3. The lowest BCUT2D eigenvalue weighted by Gasteiger charge is -2.14. The Labute approximate surface area is 541 Å². The zero-order chi connectivity index (χ0) is 68.0. The first-order valence-corrected chi connectivity index (χ1v) is 32.2. The van der Waals surface area contributed by atoms with E-state index >= 15 is 0 Å². The standard InChI is InChI=1S/C13H19NO4S.C12H15NO4.C11H12BrNO4.C11H15NO4S.C6H4BrNO2.C5H9ClO2.CH4/c1-5-18-13(15)10(3)11-6-7-12(9(2)8-11)14-19(4,16)17;1-4-17-12(14)9(3)10-5-6-11(13(15)16)8(2)7-10;1-7(11(14)6-17-2)8-3-4-10(13(15)16)9(12)5-8;1-7-6-9(8(2)11(13)14)4-5-10(7)12-17(3,15)16;7-5-3-1-2-4-6(5)8(9)10;1-3-8-5(7)4(2)6;/h6-8,10,14H,5H2,1-4H3;5-7,9H,4H2,1-3H3;3-5,7H,6H2,1-2H3;4-6,8,12H,1-3H3,(H,13,14);1-4H;4H,3H2,1-2H3;1H4. The van der Waals surface area contributed by atoms with Crippen molar-refractivity contribution in [2.45, 2.75) is 113 Å². The van der Waals surface area contributed by atoms with Crippen molar-refractivity contribution in [2.75, 3.05) is 55.5 Å². The van der Waals surface area contributed by atoms with Crippen LogP contribution in [-0.4, -0.2) is 118 Å². The first-order chi connectivity index (χ1) is 40.8. The molecule has 0 aliphatic heterocycles. The highest BCUT2D eigenvalue weighted by atomic mass is 79.9. The maximum atomic E-state index is 11.6. The second-order valence-electron chi connectivity index (χ2n) is 18.9. The van der Waals surface area contributed by atoms with Gasteiger partial charge < -0.3 is 24.1 Å². The van der Waals surface area contributed by atoms with Crippen LogP contribution in [0.4, 0.5) is 28.4 Å². The van der Waals surface area contributed by atoms with Crippen LogP contribution in [-0.2, 0) is 63.0 Å². The molecular weight excluding hydrogens is 1360 g/mol. The van der Waals surface area contributed by atoms with Gasteiger partial charge in [0, 0.05) is 36.8 Å². The molecule has 25 nitrogen and oxygen atoms in total. The van der Waals surface area contributed by atoms with Crippen LogP contribution >= 0.6 is 43.5 Å². The fourth-order valence-corrected chi connectivity index (χ4v) is 9.18. The SMILES string of the molecule is C.CCOC(=O)C(C)Cl.CCOC(=O)C(C)c1ccc(NS(C)(=O)=O)c(C)c1.CCOC(=O)C(C)c1ccc([N+](=O)[O-])c(C)c1.COCC(=O)C(C)c1ccc([N+](=O)[O-])c(Br)c1.Cc1cc(C(C)C(=O)O)ccc1NS(C)(=O)=O.O=[N+]([O-])c1ccccc1Br. The van der Waals surface area contributed by atoms with Crippen molar-refractivity contribution in [1.29, 1.82) is 0 Å². The number of esters is 3. The number of carbonyl (C=O) groups excluding carboxylic acids is 4. The van der Waals surface area contributed by atoms with Gasteiger partial charge in [-0.25, -0.2) is 16.8 Å². The number of alkyl halides is 1. The Morgan fingerprint density at radius 2 is 0.888 bits per heavy atom. The van der Waals surface area contributed by atoms with Crippen LogP contribution in [0.25, 0.3) is 0 Å².